The van der Waals surface area contributed by atoms with Crippen molar-refractivity contribution in [1.82, 2.24) is 10.2 Å². The maximum absolute atomic E-state index is 13.3. The van der Waals surface area contributed by atoms with Gasteiger partial charge in [0.2, 0.25) is 17.7 Å². The summed E-state index contributed by atoms with van der Waals surface area (Å²) in [4.78, 5) is 39.6. The molecule has 8 heteroatoms. The van der Waals surface area contributed by atoms with E-state index in [1.807, 2.05) is 0 Å². The molecule has 0 saturated carbocycles. The highest BCUT2D eigenvalue weighted by Crippen LogP contribution is 2.25. The van der Waals surface area contributed by atoms with Crippen LogP contribution in [0.15, 0.2) is 24.3 Å². The molecule has 140 valence electrons. The minimum atomic E-state index is -0.496. The largest absolute Gasteiger partial charge is 0.378 e. The summed E-state index contributed by atoms with van der Waals surface area (Å²) in [6.07, 6.45) is 0.305. The first kappa shape index (κ1) is 18.3. The maximum atomic E-state index is 13.3. The fraction of sp³-hybridized carbons (Fsp3) is 0.500. The van der Waals surface area contributed by atoms with Crippen LogP contribution in [0.4, 0.5) is 10.1 Å². The molecule has 2 heterocycles. The van der Waals surface area contributed by atoms with Gasteiger partial charge in [0.1, 0.15) is 5.82 Å². The Morgan fingerprint density at radius 2 is 2.04 bits per heavy atom. The molecule has 0 radical (unpaired) electrons. The highest BCUT2D eigenvalue weighted by Gasteiger charge is 2.35. The highest BCUT2D eigenvalue weighted by molar-refractivity contribution is 6.00. The van der Waals surface area contributed by atoms with E-state index in [0.29, 0.717) is 32.0 Å². The molecule has 1 atom stereocenters. The number of rotatable bonds is 5. The van der Waals surface area contributed by atoms with Gasteiger partial charge in [-0.2, -0.15) is 0 Å². The van der Waals surface area contributed by atoms with Crippen molar-refractivity contribution in [3.63, 3.8) is 0 Å². The minimum absolute atomic E-state index is 0.0162. The van der Waals surface area contributed by atoms with E-state index >= 15 is 0 Å². The number of hydrogen-bond acceptors (Lipinski definition) is 4. The zero-order valence-electron chi connectivity index (χ0n) is 14.4. The number of morpholine rings is 1. The van der Waals surface area contributed by atoms with Gasteiger partial charge >= 0.3 is 0 Å². The maximum Gasteiger partial charge on any atom is 0.227 e. The average molecular weight is 363 g/mol. The summed E-state index contributed by atoms with van der Waals surface area (Å²) < 4.78 is 18.5. The molecule has 26 heavy (non-hydrogen) atoms. The number of anilines is 1. The Bertz CT molecular complexity index is 691. The molecule has 2 aliphatic rings. The van der Waals surface area contributed by atoms with Crippen LogP contribution in [-0.4, -0.2) is 62.0 Å². The van der Waals surface area contributed by atoms with Crippen molar-refractivity contribution in [3.05, 3.63) is 30.1 Å². The zero-order valence-corrected chi connectivity index (χ0v) is 14.4. The molecular formula is C18H22FN3O4. The molecule has 0 bridgehead atoms. The first-order chi connectivity index (χ1) is 12.5. The molecule has 2 fully saturated rings. The van der Waals surface area contributed by atoms with E-state index < -0.39 is 11.7 Å². The van der Waals surface area contributed by atoms with Crippen LogP contribution in [0.1, 0.15) is 12.8 Å². The number of benzene rings is 1. The number of nitrogens with one attached hydrogen (secondary N) is 1. The summed E-state index contributed by atoms with van der Waals surface area (Å²) >= 11 is 0. The van der Waals surface area contributed by atoms with Gasteiger partial charge in [-0.25, -0.2) is 4.39 Å². The third-order valence-electron chi connectivity index (χ3n) is 4.62. The molecule has 0 aliphatic carbocycles. The third kappa shape index (κ3) is 4.37. The van der Waals surface area contributed by atoms with Crippen LogP contribution in [0.2, 0.25) is 0 Å². The Labute approximate surface area is 151 Å². The van der Waals surface area contributed by atoms with Crippen molar-refractivity contribution in [2.45, 2.75) is 12.8 Å². The molecule has 2 aliphatic heterocycles. The molecule has 3 rings (SSSR count). The van der Waals surface area contributed by atoms with Crippen LogP contribution in [0, 0.1) is 11.7 Å². The molecular weight excluding hydrogens is 341 g/mol. The van der Waals surface area contributed by atoms with E-state index in [0.717, 1.165) is 0 Å². The fourth-order valence-electron chi connectivity index (χ4n) is 3.18. The highest BCUT2D eigenvalue weighted by atomic mass is 19.1. The first-order valence-electron chi connectivity index (χ1n) is 8.74. The number of amides is 3. The van der Waals surface area contributed by atoms with Crippen molar-refractivity contribution >= 4 is 23.4 Å². The lowest BCUT2D eigenvalue weighted by molar-refractivity contribution is -0.135. The van der Waals surface area contributed by atoms with Gasteiger partial charge in [-0.05, 0) is 18.2 Å². The van der Waals surface area contributed by atoms with Gasteiger partial charge in [-0.3, -0.25) is 14.4 Å². The lowest BCUT2D eigenvalue weighted by atomic mass is 10.1. The van der Waals surface area contributed by atoms with E-state index in [-0.39, 0.29) is 43.7 Å². The summed E-state index contributed by atoms with van der Waals surface area (Å²) in [6, 6.07) is 5.75. The van der Waals surface area contributed by atoms with Crippen molar-refractivity contribution in [2.24, 2.45) is 5.92 Å². The molecule has 1 aromatic rings. The summed E-state index contributed by atoms with van der Waals surface area (Å²) in [7, 11) is 0. The van der Waals surface area contributed by atoms with Gasteiger partial charge < -0.3 is 19.9 Å². The van der Waals surface area contributed by atoms with Gasteiger partial charge in [-0.1, -0.05) is 6.07 Å². The molecule has 1 aromatic carbocycles. The van der Waals surface area contributed by atoms with Gasteiger partial charge in [0, 0.05) is 44.7 Å². The van der Waals surface area contributed by atoms with E-state index in [1.165, 1.54) is 23.1 Å². The second kappa shape index (κ2) is 8.27. The summed E-state index contributed by atoms with van der Waals surface area (Å²) in [5.74, 6) is -1.40. The number of hydrogen-bond donors (Lipinski definition) is 1. The molecule has 0 aromatic heterocycles. The predicted octanol–water partition coefficient (Wildman–Crippen LogP) is 0.544. The molecule has 1 N–H and O–H groups in total. The average Bonchev–Trinajstić information content (AvgIpc) is 3.04. The second-order valence-electron chi connectivity index (χ2n) is 6.42. The van der Waals surface area contributed by atoms with E-state index in [2.05, 4.69) is 5.32 Å². The smallest absolute Gasteiger partial charge is 0.227 e. The molecule has 1 unspecified atom stereocenters. The Morgan fingerprint density at radius 1 is 1.27 bits per heavy atom. The first-order valence-corrected chi connectivity index (χ1v) is 8.74. The monoisotopic (exact) mass is 363 g/mol. The summed E-state index contributed by atoms with van der Waals surface area (Å²) in [6.45, 7) is 2.68. The van der Waals surface area contributed by atoms with E-state index in [4.69, 9.17) is 4.74 Å². The molecule has 0 spiro atoms. The summed E-state index contributed by atoms with van der Waals surface area (Å²) in [5, 5.41) is 2.73. The Balaban J connectivity index is 1.46. The molecule has 3 amide bonds. The molecule has 2 saturated heterocycles. The van der Waals surface area contributed by atoms with Crippen LogP contribution < -0.4 is 10.2 Å². The van der Waals surface area contributed by atoms with Gasteiger partial charge in [0.25, 0.3) is 0 Å². The van der Waals surface area contributed by atoms with Crippen molar-refractivity contribution in [3.8, 4) is 0 Å². The topological polar surface area (TPSA) is 79.0 Å². The van der Waals surface area contributed by atoms with E-state index in [1.54, 1.807) is 11.0 Å². The van der Waals surface area contributed by atoms with Crippen LogP contribution in [0.3, 0.4) is 0 Å². The quantitative estimate of drug-likeness (QED) is 0.828. The summed E-state index contributed by atoms with van der Waals surface area (Å²) in [5.41, 5.74) is 0.452. The normalized spacial score (nSPS) is 20.3. The Hall–Kier alpha value is -2.48. The number of nitrogens with zero attached hydrogens (tertiary/aromatic N) is 2. The lowest BCUT2D eigenvalue weighted by Gasteiger charge is -2.26. The van der Waals surface area contributed by atoms with Gasteiger partial charge in [-0.15, -0.1) is 0 Å². The van der Waals surface area contributed by atoms with Crippen LogP contribution in [0.25, 0.3) is 0 Å². The second-order valence-corrected chi connectivity index (χ2v) is 6.42. The van der Waals surface area contributed by atoms with Crippen molar-refractivity contribution < 1.29 is 23.5 Å². The standard InChI is InChI=1S/C18H22FN3O4/c19-14-2-1-3-15(11-14)22-12-13(10-17(22)24)18(25)20-5-4-16(23)21-6-8-26-9-7-21/h1-3,11,13H,4-10,12H2,(H,20,25). The number of ether oxygens (including phenoxy) is 1. The number of carbonyl (C=O) groups is 3. The zero-order chi connectivity index (χ0) is 18.5. The predicted molar refractivity (Wildman–Crippen MR) is 91.9 cm³/mol. The van der Waals surface area contributed by atoms with Gasteiger partial charge in [0.05, 0.1) is 19.1 Å². The van der Waals surface area contributed by atoms with Crippen molar-refractivity contribution in [1.29, 1.82) is 0 Å². The number of halogens is 1. The van der Waals surface area contributed by atoms with E-state index in [9.17, 15) is 18.8 Å². The van der Waals surface area contributed by atoms with Crippen LogP contribution in [0.5, 0.6) is 0 Å². The number of carbonyl (C=O) groups excluding carboxylic acids is 3. The van der Waals surface area contributed by atoms with Crippen LogP contribution in [-0.2, 0) is 19.1 Å². The van der Waals surface area contributed by atoms with Crippen LogP contribution >= 0.6 is 0 Å². The molecule has 7 nitrogen and oxygen atoms in total. The Morgan fingerprint density at radius 3 is 2.77 bits per heavy atom. The van der Waals surface area contributed by atoms with Crippen molar-refractivity contribution in [2.75, 3.05) is 44.3 Å². The van der Waals surface area contributed by atoms with Gasteiger partial charge in [0.15, 0.2) is 0 Å². The third-order valence-corrected chi connectivity index (χ3v) is 4.62. The SMILES string of the molecule is O=C(NCCC(=O)N1CCOCC1)C1CC(=O)N(c2cccc(F)c2)C1. The lowest BCUT2D eigenvalue weighted by Crippen LogP contribution is -2.42. The minimum Gasteiger partial charge on any atom is -0.378 e. The fourth-order valence-corrected chi connectivity index (χ4v) is 3.18. The Kier molecular flexibility index (Phi) is 5.82.